The lowest BCUT2D eigenvalue weighted by molar-refractivity contribution is -0.116. The summed E-state index contributed by atoms with van der Waals surface area (Å²) >= 11 is 6.18. The maximum atomic E-state index is 13.1. The summed E-state index contributed by atoms with van der Waals surface area (Å²) in [5.74, 6) is 0.0570. The molecule has 0 radical (unpaired) electrons. The number of rotatable bonds is 3. The van der Waals surface area contributed by atoms with Gasteiger partial charge in [-0.2, -0.15) is 0 Å². The van der Waals surface area contributed by atoms with Gasteiger partial charge in [-0.3, -0.25) is 15.1 Å². The SMILES string of the molecule is O=C(NNC1=Nc2ccc(Cl)cc2N(c2ccccc2)C(=O)C1)OCc1ccccc1. The van der Waals surface area contributed by atoms with Gasteiger partial charge in [0.2, 0.25) is 5.91 Å². The fourth-order valence-electron chi connectivity index (χ4n) is 3.13. The Hall–Kier alpha value is -3.84. The van der Waals surface area contributed by atoms with Crippen molar-refractivity contribution < 1.29 is 14.3 Å². The minimum atomic E-state index is -0.681. The van der Waals surface area contributed by atoms with E-state index in [4.69, 9.17) is 16.3 Å². The second-order valence-electron chi connectivity index (χ2n) is 6.74. The number of amides is 2. The molecule has 0 aliphatic carbocycles. The lowest BCUT2D eigenvalue weighted by atomic mass is 10.2. The molecule has 1 aliphatic rings. The molecule has 8 heteroatoms. The van der Waals surface area contributed by atoms with Gasteiger partial charge in [0.15, 0.2) is 0 Å². The monoisotopic (exact) mass is 434 g/mol. The van der Waals surface area contributed by atoms with Gasteiger partial charge in [-0.05, 0) is 35.9 Å². The Kier molecular flexibility index (Phi) is 6.14. The Morgan fingerprint density at radius 3 is 2.48 bits per heavy atom. The number of carbonyl (C=O) groups excluding carboxylic acids is 2. The van der Waals surface area contributed by atoms with Crippen LogP contribution in [0.25, 0.3) is 0 Å². The Balaban J connectivity index is 1.49. The van der Waals surface area contributed by atoms with Gasteiger partial charge in [-0.25, -0.2) is 15.2 Å². The Bertz CT molecular complexity index is 1120. The summed E-state index contributed by atoms with van der Waals surface area (Å²) in [4.78, 5) is 31.2. The van der Waals surface area contributed by atoms with Gasteiger partial charge >= 0.3 is 6.09 Å². The van der Waals surface area contributed by atoms with E-state index in [1.807, 2.05) is 60.7 Å². The number of halogens is 1. The number of hydrazine groups is 1. The van der Waals surface area contributed by atoms with Gasteiger partial charge < -0.3 is 4.74 Å². The molecule has 2 amide bonds. The molecule has 0 aromatic heterocycles. The van der Waals surface area contributed by atoms with E-state index in [1.54, 1.807) is 23.1 Å². The molecule has 0 atom stereocenters. The fraction of sp³-hybridized carbons (Fsp3) is 0.0870. The smallest absolute Gasteiger partial charge is 0.426 e. The van der Waals surface area contributed by atoms with Crippen LogP contribution in [0, 0.1) is 0 Å². The van der Waals surface area contributed by atoms with Crippen LogP contribution in [-0.4, -0.2) is 17.8 Å². The number of ether oxygens (including phenoxy) is 1. The first-order valence-corrected chi connectivity index (χ1v) is 9.96. The second kappa shape index (κ2) is 9.32. The van der Waals surface area contributed by atoms with Crippen LogP contribution in [0.5, 0.6) is 0 Å². The molecule has 0 fully saturated rings. The summed E-state index contributed by atoms with van der Waals surface area (Å²) in [6, 6.07) is 23.7. The molecule has 7 nitrogen and oxygen atoms in total. The molecule has 156 valence electrons. The van der Waals surface area contributed by atoms with Gasteiger partial charge in [0, 0.05) is 10.7 Å². The molecule has 31 heavy (non-hydrogen) atoms. The molecule has 1 heterocycles. The van der Waals surface area contributed by atoms with Gasteiger partial charge in [0.05, 0.1) is 17.8 Å². The van der Waals surface area contributed by atoms with Crippen molar-refractivity contribution in [2.75, 3.05) is 4.90 Å². The van der Waals surface area contributed by atoms with Crippen molar-refractivity contribution in [3.05, 3.63) is 89.4 Å². The van der Waals surface area contributed by atoms with Crippen molar-refractivity contribution in [1.82, 2.24) is 10.9 Å². The van der Waals surface area contributed by atoms with Crippen molar-refractivity contribution >= 4 is 46.5 Å². The van der Waals surface area contributed by atoms with Gasteiger partial charge in [-0.15, -0.1) is 0 Å². The van der Waals surface area contributed by atoms with Crippen molar-refractivity contribution in [1.29, 1.82) is 0 Å². The van der Waals surface area contributed by atoms with E-state index >= 15 is 0 Å². The summed E-state index contributed by atoms with van der Waals surface area (Å²) in [7, 11) is 0. The van der Waals surface area contributed by atoms with Crippen LogP contribution in [0.4, 0.5) is 21.9 Å². The highest BCUT2D eigenvalue weighted by Gasteiger charge is 2.26. The molecule has 0 saturated heterocycles. The number of benzene rings is 3. The number of hydrogen-bond acceptors (Lipinski definition) is 5. The number of hydrogen-bond donors (Lipinski definition) is 2. The zero-order valence-electron chi connectivity index (χ0n) is 16.4. The Morgan fingerprint density at radius 1 is 1.03 bits per heavy atom. The van der Waals surface area contributed by atoms with Crippen LogP contribution in [0.15, 0.2) is 83.9 Å². The zero-order valence-corrected chi connectivity index (χ0v) is 17.2. The quantitative estimate of drug-likeness (QED) is 0.576. The molecule has 4 rings (SSSR count). The molecular weight excluding hydrogens is 416 g/mol. The van der Waals surface area contributed by atoms with Crippen molar-refractivity contribution in [2.45, 2.75) is 13.0 Å². The number of aliphatic imine (C=N–C) groups is 1. The minimum Gasteiger partial charge on any atom is -0.443 e. The molecule has 0 saturated carbocycles. The molecular formula is C23H19ClN4O3. The number of carbonyl (C=O) groups is 2. The Morgan fingerprint density at radius 2 is 1.74 bits per heavy atom. The number of fused-ring (bicyclic) bond motifs is 1. The highest BCUT2D eigenvalue weighted by molar-refractivity contribution is 6.31. The first-order valence-electron chi connectivity index (χ1n) is 9.58. The summed E-state index contributed by atoms with van der Waals surface area (Å²) in [6.07, 6.45) is -0.736. The number of nitrogens with zero attached hydrogens (tertiary/aromatic N) is 2. The Labute approximate surface area is 184 Å². The molecule has 0 bridgehead atoms. The topological polar surface area (TPSA) is 83.0 Å². The average molecular weight is 435 g/mol. The third kappa shape index (κ3) is 5.02. The van der Waals surface area contributed by atoms with Crippen LogP contribution in [0.2, 0.25) is 5.02 Å². The third-order valence-corrected chi connectivity index (χ3v) is 4.77. The predicted octanol–water partition coefficient (Wildman–Crippen LogP) is 4.87. The van der Waals surface area contributed by atoms with Crippen molar-refractivity contribution in [2.24, 2.45) is 4.99 Å². The summed E-state index contributed by atoms with van der Waals surface area (Å²) < 4.78 is 5.17. The maximum absolute atomic E-state index is 13.1. The number of nitrogens with one attached hydrogen (secondary N) is 2. The van der Waals surface area contributed by atoms with E-state index in [-0.39, 0.29) is 24.8 Å². The van der Waals surface area contributed by atoms with E-state index < -0.39 is 6.09 Å². The molecule has 3 aromatic rings. The van der Waals surface area contributed by atoms with Crippen molar-refractivity contribution in [3.8, 4) is 0 Å². The first-order chi connectivity index (χ1) is 15.1. The molecule has 0 unspecified atom stereocenters. The molecule has 0 spiro atoms. The van der Waals surface area contributed by atoms with E-state index in [9.17, 15) is 9.59 Å². The van der Waals surface area contributed by atoms with Crippen LogP contribution in [-0.2, 0) is 16.1 Å². The third-order valence-electron chi connectivity index (χ3n) is 4.54. The van der Waals surface area contributed by atoms with Crippen LogP contribution < -0.4 is 15.8 Å². The first kappa shape index (κ1) is 20.4. The highest BCUT2D eigenvalue weighted by Crippen LogP contribution is 2.38. The highest BCUT2D eigenvalue weighted by atomic mass is 35.5. The lowest BCUT2D eigenvalue weighted by Crippen LogP contribution is -2.43. The second-order valence-corrected chi connectivity index (χ2v) is 7.18. The summed E-state index contributed by atoms with van der Waals surface area (Å²) in [6.45, 7) is 0.128. The van der Waals surface area contributed by atoms with Crippen LogP contribution in [0.1, 0.15) is 12.0 Å². The molecule has 3 aromatic carbocycles. The fourth-order valence-corrected chi connectivity index (χ4v) is 3.29. The van der Waals surface area contributed by atoms with E-state index in [1.165, 1.54) is 0 Å². The van der Waals surface area contributed by atoms with E-state index in [2.05, 4.69) is 15.8 Å². The van der Waals surface area contributed by atoms with Gasteiger partial charge in [-0.1, -0.05) is 60.1 Å². The van der Waals surface area contributed by atoms with Crippen molar-refractivity contribution in [3.63, 3.8) is 0 Å². The van der Waals surface area contributed by atoms with Gasteiger partial charge in [0.25, 0.3) is 0 Å². The summed E-state index contributed by atoms with van der Waals surface area (Å²) in [5, 5.41) is 0.488. The summed E-state index contributed by atoms with van der Waals surface area (Å²) in [5.41, 5.74) is 7.80. The standard InChI is InChI=1S/C23H19ClN4O3/c24-17-11-12-19-20(13-17)28(18-9-5-2-6-10-18)22(29)14-21(25-19)26-27-23(30)31-15-16-7-3-1-4-8-16/h1-13H,14-15H2,(H,25,26)(H,27,30). The lowest BCUT2D eigenvalue weighted by Gasteiger charge is -2.22. The number of amidine groups is 1. The maximum Gasteiger partial charge on any atom is 0.426 e. The van der Waals surface area contributed by atoms with Crippen LogP contribution >= 0.6 is 11.6 Å². The number of anilines is 2. The minimum absolute atomic E-state index is 0.0554. The zero-order chi connectivity index (χ0) is 21.6. The number of para-hydroxylation sites is 1. The van der Waals surface area contributed by atoms with E-state index in [0.29, 0.717) is 22.1 Å². The van der Waals surface area contributed by atoms with Crippen LogP contribution in [0.3, 0.4) is 0 Å². The average Bonchev–Trinajstić information content (AvgIpc) is 2.92. The molecule has 2 N–H and O–H groups in total. The molecule has 1 aliphatic heterocycles. The largest absolute Gasteiger partial charge is 0.443 e. The predicted molar refractivity (Wildman–Crippen MR) is 120 cm³/mol. The van der Waals surface area contributed by atoms with E-state index in [0.717, 1.165) is 5.56 Å². The van der Waals surface area contributed by atoms with Gasteiger partial charge in [0.1, 0.15) is 12.4 Å². The normalized spacial score (nSPS) is 13.0.